The molecular formula is C19H22N2O. The third kappa shape index (κ3) is 4.01. The van der Waals surface area contributed by atoms with Crippen LogP contribution in [0.5, 0.6) is 0 Å². The van der Waals surface area contributed by atoms with E-state index < -0.39 is 0 Å². The number of pyridine rings is 1. The maximum Gasteiger partial charge on any atom is 0.141 e. The summed E-state index contributed by atoms with van der Waals surface area (Å²) in [5.41, 5.74) is 2.39. The zero-order valence-electron chi connectivity index (χ0n) is 12.8. The molecule has 22 heavy (non-hydrogen) atoms. The van der Waals surface area contributed by atoms with Crippen LogP contribution < -0.4 is 0 Å². The Bertz CT molecular complexity index is 597. The fourth-order valence-electron chi connectivity index (χ4n) is 3.15. The smallest absolute Gasteiger partial charge is 0.141 e. The summed E-state index contributed by atoms with van der Waals surface area (Å²) in [7, 11) is 0. The number of aromatic nitrogens is 1. The second-order valence-electron chi connectivity index (χ2n) is 6.06. The number of hydrogen-bond donors (Lipinski definition) is 0. The minimum absolute atomic E-state index is 0.177. The number of carbonyl (C=O) groups excluding carboxylic acids is 1. The van der Waals surface area contributed by atoms with Crippen LogP contribution in [0.4, 0.5) is 0 Å². The summed E-state index contributed by atoms with van der Waals surface area (Å²) in [6, 6.07) is 14.2. The summed E-state index contributed by atoms with van der Waals surface area (Å²) in [5, 5.41) is 0. The summed E-state index contributed by atoms with van der Waals surface area (Å²) in [6.45, 7) is 2.88. The Morgan fingerprint density at radius 2 is 1.86 bits per heavy atom. The van der Waals surface area contributed by atoms with E-state index in [4.69, 9.17) is 0 Å². The van der Waals surface area contributed by atoms with Crippen molar-refractivity contribution >= 4 is 5.78 Å². The molecule has 114 valence electrons. The van der Waals surface area contributed by atoms with Crippen molar-refractivity contribution in [3.8, 4) is 0 Å². The number of carbonyl (C=O) groups is 1. The average molecular weight is 294 g/mol. The molecule has 1 atom stereocenters. The van der Waals surface area contributed by atoms with E-state index >= 15 is 0 Å². The van der Waals surface area contributed by atoms with Crippen molar-refractivity contribution in [3.05, 3.63) is 66.0 Å². The van der Waals surface area contributed by atoms with Crippen LogP contribution in [0.3, 0.4) is 0 Å². The molecule has 0 spiro atoms. The van der Waals surface area contributed by atoms with E-state index in [9.17, 15) is 4.79 Å². The number of benzene rings is 1. The highest BCUT2D eigenvalue weighted by Crippen LogP contribution is 2.20. The molecule has 2 aromatic rings. The lowest BCUT2D eigenvalue weighted by Gasteiger charge is -2.32. The van der Waals surface area contributed by atoms with Gasteiger partial charge in [-0.2, -0.15) is 0 Å². The van der Waals surface area contributed by atoms with E-state index in [0.29, 0.717) is 12.2 Å². The summed E-state index contributed by atoms with van der Waals surface area (Å²) in [6.07, 6.45) is 6.36. The first-order valence-corrected chi connectivity index (χ1v) is 7.99. The van der Waals surface area contributed by atoms with E-state index in [1.165, 1.54) is 5.56 Å². The summed E-state index contributed by atoms with van der Waals surface area (Å²) >= 11 is 0. The first-order valence-electron chi connectivity index (χ1n) is 7.99. The standard InChI is InChI=1S/C19H22N2O/c22-19(13-16-5-2-1-3-6-16)18-7-4-12-21(15-18)14-17-8-10-20-11-9-17/h1-3,5-6,8-11,18H,4,7,12-15H2/t18-/m0/s1. The molecular weight excluding hydrogens is 272 g/mol. The van der Waals surface area contributed by atoms with Gasteiger partial charge >= 0.3 is 0 Å². The van der Waals surface area contributed by atoms with Crippen LogP contribution in [0.1, 0.15) is 24.0 Å². The Kier molecular flexibility index (Phi) is 4.96. The molecule has 2 heterocycles. The summed E-state index contributed by atoms with van der Waals surface area (Å²) < 4.78 is 0. The number of ketones is 1. The molecule has 0 unspecified atom stereocenters. The van der Waals surface area contributed by atoms with E-state index in [1.807, 2.05) is 42.7 Å². The molecule has 1 fully saturated rings. The third-order valence-electron chi connectivity index (χ3n) is 4.34. The lowest BCUT2D eigenvalue weighted by atomic mass is 9.90. The number of likely N-dealkylation sites (tertiary alicyclic amines) is 1. The van der Waals surface area contributed by atoms with Gasteiger partial charge in [0.15, 0.2) is 0 Å². The monoisotopic (exact) mass is 294 g/mol. The molecule has 0 saturated carbocycles. The molecule has 0 N–H and O–H groups in total. The Hall–Kier alpha value is -2.00. The van der Waals surface area contributed by atoms with Crippen LogP contribution in [0.2, 0.25) is 0 Å². The third-order valence-corrected chi connectivity index (χ3v) is 4.34. The first kappa shape index (κ1) is 14.9. The van der Waals surface area contributed by atoms with Gasteiger partial charge in [0.05, 0.1) is 0 Å². The van der Waals surface area contributed by atoms with Gasteiger partial charge in [-0.25, -0.2) is 0 Å². The van der Waals surface area contributed by atoms with Crippen molar-refractivity contribution in [2.45, 2.75) is 25.8 Å². The van der Waals surface area contributed by atoms with E-state index in [1.54, 1.807) is 0 Å². The largest absolute Gasteiger partial charge is 0.299 e. The number of rotatable bonds is 5. The maximum atomic E-state index is 12.5. The number of hydrogen-bond acceptors (Lipinski definition) is 3. The van der Waals surface area contributed by atoms with Gasteiger partial charge in [0, 0.05) is 37.8 Å². The van der Waals surface area contributed by atoms with E-state index in [2.05, 4.69) is 22.0 Å². The molecule has 1 aromatic heterocycles. The zero-order valence-corrected chi connectivity index (χ0v) is 12.8. The van der Waals surface area contributed by atoms with Crippen molar-refractivity contribution in [2.75, 3.05) is 13.1 Å². The van der Waals surface area contributed by atoms with Crippen molar-refractivity contribution in [2.24, 2.45) is 5.92 Å². The van der Waals surface area contributed by atoms with Gasteiger partial charge in [-0.15, -0.1) is 0 Å². The minimum Gasteiger partial charge on any atom is -0.299 e. The Morgan fingerprint density at radius 3 is 2.64 bits per heavy atom. The molecule has 1 aliphatic heterocycles. The van der Waals surface area contributed by atoms with Crippen LogP contribution in [0.25, 0.3) is 0 Å². The quantitative estimate of drug-likeness (QED) is 0.849. The molecule has 3 rings (SSSR count). The van der Waals surface area contributed by atoms with Gasteiger partial charge in [0.25, 0.3) is 0 Å². The lowest BCUT2D eigenvalue weighted by Crippen LogP contribution is -2.38. The van der Waals surface area contributed by atoms with E-state index in [-0.39, 0.29) is 5.92 Å². The summed E-state index contributed by atoms with van der Waals surface area (Å²) in [5.74, 6) is 0.557. The van der Waals surface area contributed by atoms with Crippen molar-refractivity contribution < 1.29 is 4.79 Å². The molecule has 0 radical (unpaired) electrons. The van der Waals surface area contributed by atoms with Crippen molar-refractivity contribution in [3.63, 3.8) is 0 Å². The number of nitrogens with zero attached hydrogens (tertiary/aromatic N) is 2. The highest BCUT2D eigenvalue weighted by Gasteiger charge is 2.25. The zero-order chi connectivity index (χ0) is 15.2. The molecule has 3 heteroatoms. The van der Waals surface area contributed by atoms with Gasteiger partial charge in [-0.3, -0.25) is 14.7 Å². The number of Topliss-reactive ketones (excluding diaryl/α,β-unsaturated/α-hetero) is 1. The van der Waals surface area contributed by atoms with Crippen LogP contribution in [0, 0.1) is 5.92 Å². The normalized spacial score (nSPS) is 19.0. The van der Waals surface area contributed by atoms with E-state index in [0.717, 1.165) is 38.0 Å². The van der Waals surface area contributed by atoms with Gasteiger partial charge in [0.1, 0.15) is 5.78 Å². The average Bonchev–Trinajstić information content (AvgIpc) is 2.57. The van der Waals surface area contributed by atoms with Crippen LogP contribution in [0.15, 0.2) is 54.9 Å². The Morgan fingerprint density at radius 1 is 1.09 bits per heavy atom. The predicted molar refractivity (Wildman–Crippen MR) is 87.4 cm³/mol. The van der Waals surface area contributed by atoms with Gasteiger partial charge in [-0.05, 0) is 42.6 Å². The molecule has 1 saturated heterocycles. The van der Waals surface area contributed by atoms with Gasteiger partial charge in [-0.1, -0.05) is 30.3 Å². The fourth-order valence-corrected chi connectivity index (χ4v) is 3.15. The molecule has 0 aliphatic carbocycles. The van der Waals surface area contributed by atoms with Crippen molar-refractivity contribution in [1.29, 1.82) is 0 Å². The number of piperidine rings is 1. The summed E-state index contributed by atoms with van der Waals surface area (Å²) in [4.78, 5) is 19.0. The highest BCUT2D eigenvalue weighted by atomic mass is 16.1. The molecule has 0 amide bonds. The van der Waals surface area contributed by atoms with Crippen LogP contribution in [-0.4, -0.2) is 28.8 Å². The first-order chi connectivity index (χ1) is 10.8. The second kappa shape index (κ2) is 7.32. The van der Waals surface area contributed by atoms with Crippen LogP contribution in [-0.2, 0) is 17.8 Å². The lowest BCUT2D eigenvalue weighted by molar-refractivity contribution is -0.123. The molecule has 1 aliphatic rings. The molecule has 0 bridgehead atoms. The SMILES string of the molecule is O=C(Cc1ccccc1)[C@H]1CCCN(Cc2ccncc2)C1. The fraction of sp³-hybridized carbons (Fsp3) is 0.368. The van der Waals surface area contributed by atoms with Gasteiger partial charge in [0.2, 0.25) is 0 Å². The molecule has 1 aromatic carbocycles. The predicted octanol–water partition coefficient (Wildman–Crippen LogP) is 3.11. The van der Waals surface area contributed by atoms with Crippen LogP contribution >= 0.6 is 0 Å². The maximum absolute atomic E-state index is 12.5. The van der Waals surface area contributed by atoms with Gasteiger partial charge < -0.3 is 0 Å². The Balaban J connectivity index is 1.57. The second-order valence-corrected chi connectivity index (χ2v) is 6.06. The molecule has 3 nitrogen and oxygen atoms in total. The highest BCUT2D eigenvalue weighted by molar-refractivity contribution is 5.83. The topological polar surface area (TPSA) is 33.2 Å². The Labute approximate surface area is 132 Å². The minimum atomic E-state index is 0.177. The van der Waals surface area contributed by atoms with Crippen molar-refractivity contribution in [1.82, 2.24) is 9.88 Å².